The maximum atomic E-state index is 13.4. The van der Waals surface area contributed by atoms with Crippen molar-refractivity contribution in [2.45, 2.75) is 90.5 Å². The summed E-state index contributed by atoms with van der Waals surface area (Å²) < 4.78 is 0. The number of aryl methyl sites for hydroxylation is 1. The van der Waals surface area contributed by atoms with Gasteiger partial charge in [-0.2, -0.15) is 0 Å². The predicted molar refractivity (Wildman–Crippen MR) is 117 cm³/mol. The Morgan fingerprint density at radius 3 is 2.86 bits per heavy atom. The van der Waals surface area contributed by atoms with Gasteiger partial charge in [0.05, 0.1) is 5.41 Å². The van der Waals surface area contributed by atoms with Gasteiger partial charge in [-0.05, 0) is 44.6 Å². The number of imidazole rings is 1. The largest absolute Gasteiger partial charge is 0.345 e. The van der Waals surface area contributed by atoms with Crippen LogP contribution in [0.15, 0.2) is 6.20 Å². The third-order valence-electron chi connectivity index (χ3n) is 7.63. The van der Waals surface area contributed by atoms with Crippen LogP contribution in [0, 0.1) is 11.3 Å². The Labute approximate surface area is 176 Å². The Morgan fingerprint density at radius 1 is 1.17 bits per heavy atom. The first-order valence-corrected chi connectivity index (χ1v) is 12.2. The van der Waals surface area contributed by atoms with Crippen LogP contribution in [0.1, 0.15) is 89.1 Å². The van der Waals surface area contributed by atoms with E-state index in [9.17, 15) is 4.79 Å². The molecule has 2 saturated heterocycles. The molecule has 0 bridgehead atoms. The number of hydrogen-bond donors (Lipinski definition) is 1. The van der Waals surface area contributed by atoms with Crippen LogP contribution in [0.25, 0.3) is 0 Å². The van der Waals surface area contributed by atoms with Gasteiger partial charge in [0.1, 0.15) is 5.82 Å². The fourth-order valence-corrected chi connectivity index (χ4v) is 5.85. The second-order valence-electron chi connectivity index (χ2n) is 9.89. The van der Waals surface area contributed by atoms with Gasteiger partial charge in [0, 0.05) is 44.5 Å². The van der Waals surface area contributed by atoms with E-state index in [-0.39, 0.29) is 5.41 Å². The van der Waals surface area contributed by atoms with Crippen LogP contribution < -0.4 is 0 Å². The smallest absolute Gasteiger partial charge is 0.230 e. The standard InChI is InChI=1S/C24H40N4O/c1-2-3-10-22-25-17-21(26-22)18-27-16-13-24(19-27)12-7-14-28(23(24)29)15-11-20-8-5-4-6-9-20/h17,20H,2-16,18-19H2,1H3,(H,25,26)/t24-/m1/s1. The number of likely N-dealkylation sites (tertiary alicyclic amines) is 2. The number of unbranched alkanes of at least 4 members (excludes halogenated alkanes) is 1. The molecular formula is C24H40N4O. The minimum atomic E-state index is -0.115. The van der Waals surface area contributed by atoms with Crippen molar-refractivity contribution in [2.75, 3.05) is 26.2 Å². The Bertz CT molecular complexity index is 666. The fourth-order valence-electron chi connectivity index (χ4n) is 5.85. The quantitative estimate of drug-likeness (QED) is 0.697. The molecule has 162 valence electrons. The first-order chi connectivity index (χ1) is 14.2. The van der Waals surface area contributed by atoms with E-state index in [2.05, 4.69) is 26.7 Å². The van der Waals surface area contributed by atoms with Crippen LogP contribution >= 0.6 is 0 Å². The third kappa shape index (κ3) is 5.04. The van der Waals surface area contributed by atoms with E-state index in [1.165, 1.54) is 63.5 Å². The SMILES string of the molecule is CCCCc1ncc(CN2CC[C@]3(CCCN(CCC4CCCCC4)C3=O)C2)[nH]1. The van der Waals surface area contributed by atoms with Crippen molar-refractivity contribution in [2.24, 2.45) is 11.3 Å². The van der Waals surface area contributed by atoms with Gasteiger partial charge in [-0.3, -0.25) is 9.69 Å². The molecule has 0 radical (unpaired) electrons. The zero-order chi connectivity index (χ0) is 20.1. The van der Waals surface area contributed by atoms with E-state index >= 15 is 0 Å². The maximum Gasteiger partial charge on any atom is 0.230 e. The molecule has 1 saturated carbocycles. The number of hydrogen-bond acceptors (Lipinski definition) is 3. The lowest BCUT2D eigenvalue weighted by Gasteiger charge is -2.40. The van der Waals surface area contributed by atoms with Crippen molar-refractivity contribution in [3.8, 4) is 0 Å². The van der Waals surface area contributed by atoms with Gasteiger partial charge >= 0.3 is 0 Å². The zero-order valence-corrected chi connectivity index (χ0v) is 18.4. The molecule has 1 aromatic heterocycles. The van der Waals surface area contributed by atoms with E-state index in [4.69, 9.17) is 0 Å². The Hall–Kier alpha value is -1.36. The number of nitrogens with zero attached hydrogens (tertiary/aromatic N) is 3. The summed E-state index contributed by atoms with van der Waals surface area (Å²) in [5.41, 5.74) is 1.08. The highest BCUT2D eigenvalue weighted by Gasteiger charge is 2.48. The predicted octanol–water partition coefficient (Wildman–Crippen LogP) is 4.54. The highest BCUT2D eigenvalue weighted by molar-refractivity contribution is 5.84. The lowest BCUT2D eigenvalue weighted by molar-refractivity contribution is -0.145. The van der Waals surface area contributed by atoms with Gasteiger partial charge in [-0.15, -0.1) is 0 Å². The second kappa shape index (κ2) is 9.63. The summed E-state index contributed by atoms with van der Waals surface area (Å²) in [6.07, 6.45) is 16.9. The number of rotatable bonds is 8. The maximum absolute atomic E-state index is 13.4. The fraction of sp³-hybridized carbons (Fsp3) is 0.833. The van der Waals surface area contributed by atoms with E-state index in [1.807, 2.05) is 6.20 Å². The average Bonchev–Trinajstić information content (AvgIpc) is 3.36. The first kappa shape index (κ1) is 20.9. The van der Waals surface area contributed by atoms with Gasteiger partial charge in [0.25, 0.3) is 0 Å². The summed E-state index contributed by atoms with van der Waals surface area (Å²) in [5, 5.41) is 0. The molecule has 1 amide bonds. The number of nitrogens with one attached hydrogen (secondary N) is 1. The summed E-state index contributed by atoms with van der Waals surface area (Å²) in [5.74, 6) is 2.42. The number of H-pyrrole nitrogens is 1. The molecule has 3 fully saturated rings. The molecule has 2 aliphatic heterocycles. The molecule has 1 N–H and O–H groups in total. The van der Waals surface area contributed by atoms with E-state index in [0.29, 0.717) is 5.91 Å². The summed E-state index contributed by atoms with van der Waals surface area (Å²) in [4.78, 5) is 26.1. The number of aromatic nitrogens is 2. The van der Waals surface area contributed by atoms with E-state index in [1.54, 1.807) is 0 Å². The monoisotopic (exact) mass is 400 g/mol. The molecule has 5 heteroatoms. The topological polar surface area (TPSA) is 52.2 Å². The van der Waals surface area contributed by atoms with Gasteiger partial charge < -0.3 is 9.88 Å². The molecule has 1 atom stereocenters. The number of amides is 1. The van der Waals surface area contributed by atoms with Crippen LogP contribution in [0.4, 0.5) is 0 Å². The molecule has 0 unspecified atom stereocenters. The molecule has 1 aliphatic carbocycles. The Morgan fingerprint density at radius 2 is 2.03 bits per heavy atom. The van der Waals surface area contributed by atoms with Crippen LogP contribution in [-0.4, -0.2) is 51.9 Å². The highest BCUT2D eigenvalue weighted by atomic mass is 16.2. The summed E-state index contributed by atoms with van der Waals surface area (Å²) in [6.45, 7) is 7.05. The molecule has 4 rings (SSSR count). The zero-order valence-electron chi connectivity index (χ0n) is 18.4. The van der Waals surface area contributed by atoms with Crippen LogP contribution in [0.5, 0.6) is 0 Å². The minimum Gasteiger partial charge on any atom is -0.345 e. The summed E-state index contributed by atoms with van der Waals surface area (Å²) >= 11 is 0. The molecule has 1 aromatic rings. The number of piperidine rings is 1. The molecule has 0 aromatic carbocycles. The van der Waals surface area contributed by atoms with Crippen molar-refractivity contribution in [3.63, 3.8) is 0 Å². The summed E-state index contributed by atoms with van der Waals surface area (Å²) in [6, 6.07) is 0. The van der Waals surface area contributed by atoms with E-state index < -0.39 is 0 Å². The first-order valence-electron chi connectivity index (χ1n) is 12.2. The Kier molecular flexibility index (Phi) is 6.94. The van der Waals surface area contributed by atoms with E-state index in [0.717, 1.165) is 63.7 Å². The second-order valence-corrected chi connectivity index (χ2v) is 9.89. The van der Waals surface area contributed by atoms with Gasteiger partial charge in [-0.25, -0.2) is 4.98 Å². The normalized spacial score (nSPS) is 26.7. The number of aromatic amines is 1. The Balaban J connectivity index is 1.29. The van der Waals surface area contributed by atoms with Crippen molar-refractivity contribution in [3.05, 3.63) is 17.7 Å². The van der Waals surface area contributed by atoms with Crippen molar-refractivity contribution >= 4 is 5.91 Å². The van der Waals surface area contributed by atoms with Crippen LogP contribution in [0.2, 0.25) is 0 Å². The molecule has 3 aliphatic rings. The van der Waals surface area contributed by atoms with Crippen molar-refractivity contribution < 1.29 is 4.79 Å². The molecule has 5 nitrogen and oxygen atoms in total. The van der Waals surface area contributed by atoms with Crippen LogP contribution in [-0.2, 0) is 17.8 Å². The van der Waals surface area contributed by atoms with Crippen molar-refractivity contribution in [1.29, 1.82) is 0 Å². The summed E-state index contributed by atoms with van der Waals surface area (Å²) in [7, 11) is 0. The molecule has 1 spiro atoms. The highest BCUT2D eigenvalue weighted by Crippen LogP contribution is 2.41. The molecule has 3 heterocycles. The minimum absolute atomic E-state index is 0.115. The number of carbonyl (C=O) groups excluding carboxylic acids is 1. The van der Waals surface area contributed by atoms with Gasteiger partial charge in [-0.1, -0.05) is 45.4 Å². The lowest BCUT2D eigenvalue weighted by atomic mass is 9.78. The molecular weight excluding hydrogens is 360 g/mol. The van der Waals surface area contributed by atoms with Crippen molar-refractivity contribution in [1.82, 2.24) is 19.8 Å². The average molecular weight is 401 g/mol. The van der Waals surface area contributed by atoms with Gasteiger partial charge in [0.2, 0.25) is 5.91 Å². The van der Waals surface area contributed by atoms with Gasteiger partial charge in [0.15, 0.2) is 0 Å². The van der Waals surface area contributed by atoms with Crippen LogP contribution in [0.3, 0.4) is 0 Å². The lowest BCUT2D eigenvalue weighted by Crippen LogP contribution is -2.50. The molecule has 29 heavy (non-hydrogen) atoms. The number of carbonyl (C=O) groups is 1. The third-order valence-corrected chi connectivity index (χ3v) is 7.63.